The molecule has 12 heteroatoms. The van der Waals surface area contributed by atoms with Gasteiger partial charge >= 0.3 is 5.69 Å². The number of carbonyl (C=O) groups is 1. The Labute approximate surface area is 175 Å². The number of sulfonamides is 1. The molecule has 0 atom stereocenters. The van der Waals surface area contributed by atoms with E-state index in [0.717, 1.165) is 10.6 Å². The van der Waals surface area contributed by atoms with Crippen LogP contribution in [0.25, 0.3) is 0 Å². The van der Waals surface area contributed by atoms with Gasteiger partial charge in [0.1, 0.15) is 6.54 Å². The predicted molar refractivity (Wildman–Crippen MR) is 112 cm³/mol. The number of hydrazone groups is 1. The number of hydrogen-bond donors (Lipinski definition) is 1. The first kappa shape index (κ1) is 22.3. The Hall–Kier alpha value is -2.99. The number of nitro benzene ring substituents is 1. The first-order valence-corrected chi connectivity index (χ1v) is 10.6. The minimum absolute atomic E-state index is 0.0917. The number of nitro groups is 1. The lowest BCUT2D eigenvalue weighted by molar-refractivity contribution is -0.385. The van der Waals surface area contributed by atoms with Crippen molar-refractivity contribution in [3.63, 3.8) is 0 Å². The fraction of sp³-hybridized carbons (Fsp3) is 0.176. The molecule has 0 unspecified atom stereocenters. The highest BCUT2D eigenvalue weighted by Crippen LogP contribution is 2.27. The summed E-state index contributed by atoms with van der Waals surface area (Å²) < 4.78 is 30.6. The number of nitrogens with one attached hydrogen (secondary N) is 1. The number of amides is 1. The molecule has 2 rings (SSSR count). The number of carbonyl (C=O) groups excluding carboxylic acids is 1. The van der Waals surface area contributed by atoms with Crippen LogP contribution in [0, 0.1) is 10.1 Å². The van der Waals surface area contributed by atoms with Gasteiger partial charge in [-0.2, -0.15) is 5.10 Å². The van der Waals surface area contributed by atoms with E-state index < -0.39 is 27.4 Å². The van der Waals surface area contributed by atoms with Crippen molar-refractivity contribution in [2.75, 3.05) is 24.2 Å². The van der Waals surface area contributed by atoms with Gasteiger partial charge < -0.3 is 4.74 Å². The fourth-order valence-corrected chi connectivity index (χ4v) is 3.54. The van der Waals surface area contributed by atoms with Crippen LogP contribution in [0.4, 0.5) is 11.4 Å². The molecular weight excluding hydrogens is 468 g/mol. The third-order valence-corrected chi connectivity index (χ3v) is 5.22. The smallest absolute Gasteiger partial charge is 0.311 e. The van der Waals surface area contributed by atoms with Crippen molar-refractivity contribution in [3.8, 4) is 5.75 Å². The third kappa shape index (κ3) is 6.26. The van der Waals surface area contributed by atoms with Gasteiger partial charge in [0.2, 0.25) is 10.0 Å². The van der Waals surface area contributed by atoms with Gasteiger partial charge in [-0.3, -0.25) is 19.2 Å². The van der Waals surface area contributed by atoms with E-state index in [-0.39, 0.29) is 11.4 Å². The van der Waals surface area contributed by atoms with E-state index in [1.807, 2.05) is 0 Å². The quantitative estimate of drug-likeness (QED) is 0.347. The van der Waals surface area contributed by atoms with Crippen LogP contribution in [0.15, 0.2) is 52.0 Å². The number of benzene rings is 2. The van der Waals surface area contributed by atoms with Crippen LogP contribution in [-0.2, 0) is 14.8 Å². The second-order valence-electron chi connectivity index (χ2n) is 5.73. The monoisotopic (exact) mass is 484 g/mol. The second-order valence-corrected chi connectivity index (χ2v) is 8.55. The summed E-state index contributed by atoms with van der Waals surface area (Å²) in [5.74, 6) is -0.594. The molecule has 0 spiro atoms. The lowest BCUT2D eigenvalue weighted by Gasteiger charge is -2.21. The summed E-state index contributed by atoms with van der Waals surface area (Å²) in [6.07, 6.45) is 2.19. The van der Waals surface area contributed by atoms with Crippen LogP contribution >= 0.6 is 15.9 Å². The van der Waals surface area contributed by atoms with Crippen molar-refractivity contribution < 1.29 is 22.9 Å². The number of rotatable bonds is 8. The average Bonchev–Trinajstić information content (AvgIpc) is 2.65. The van der Waals surface area contributed by atoms with Gasteiger partial charge in [0, 0.05) is 16.1 Å². The third-order valence-electron chi connectivity index (χ3n) is 3.59. The summed E-state index contributed by atoms with van der Waals surface area (Å²) in [4.78, 5) is 22.6. The molecule has 2 aromatic rings. The Balaban J connectivity index is 2.11. The number of nitrogens with zero attached hydrogens (tertiary/aromatic N) is 3. The highest BCUT2D eigenvalue weighted by Gasteiger charge is 2.21. The Morgan fingerprint density at radius 1 is 1.34 bits per heavy atom. The SMILES string of the molecule is COc1ccc(/C=N\NC(=O)CN(c2cccc(Br)c2)S(C)(=O)=O)cc1[N+](=O)[O-]. The van der Waals surface area contributed by atoms with E-state index in [0.29, 0.717) is 15.7 Å². The summed E-state index contributed by atoms with van der Waals surface area (Å²) >= 11 is 3.25. The molecule has 0 heterocycles. The van der Waals surface area contributed by atoms with E-state index in [1.54, 1.807) is 24.3 Å². The van der Waals surface area contributed by atoms with Gasteiger partial charge in [-0.25, -0.2) is 13.8 Å². The first-order valence-electron chi connectivity index (χ1n) is 7.99. The number of halogens is 1. The van der Waals surface area contributed by atoms with Gasteiger partial charge in [-0.05, 0) is 30.3 Å². The highest BCUT2D eigenvalue weighted by atomic mass is 79.9. The maximum atomic E-state index is 12.2. The maximum absolute atomic E-state index is 12.2. The second kappa shape index (κ2) is 9.47. The largest absolute Gasteiger partial charge is 0.490 e. The van der Waals surface area contributed by atoms with E-state index in [9.17, 15) is 23.3 Å². The minimum Gasteiger partial charge on any atom is -0.490 e. The molecule has 29 heavy (non-hydrogen) atoms. The van der Waals surface area contributed by atoms with Crippen LogP contribution in [0.5, 0.6) is 5.75 Å². The predicted octanol–water partition coefficient (Wildman–Crippen LogP) is 2.28. The minimum atomic E-state index is -3.72. The summed E-state index contributed by atoms with van der Waals surface area (Å²) in [6.45, 7) is -0.491. The average molecular weight is 485 g/mol. The number of methoxy groups -OCH3 is 1. The summed E-state index contributed by atoms with van der Waals surface area (Å²) in [5.41, 5.74) is 2.62. The van der Waals surface area contributed by atoms with Crippen LogP contribution < -0.4 is 14.5 Å². The molecule has 0 radical (unpaired) electrons. The van der Waals surface area contributed by atoms with E-state index >= 15 is 0 Å². The van der Waals surface area contributed by atoms with Gasteiger partial charge in [0.05, 0.1) is 30.2 Å². The lowest BCUT2D eigenvalue weighted by atomic mass is 10.2. The normalized spacial score (nSPS) is 11.3. The molecule has 10 nitrogen and oxygen atoms in total. The van der Waals surface area contributed by atoms with Gasteiger partial charge in [0.25, 0.3) is 5.91 Å². The molecule has 0 aromatic heterocycles. The molecule has 0 aliphatic rings. The van der Waals surface area contributed by atoms with Gasteiger partial charge in [-0.15, -0.1) is 0 Å². The highest BCUT2D eigenvalue weighted by molar-refractivity contribution is 9.10. The van der Waals surface area contributed by atoms with Crippen LogP contribution in [-0.4, -0.2) is 45.4 Å². The van der Waals surface area contributed by atoms with Crippen molar-refractivity contribution in [2.24, 2.45) is 5.10 Å². The standard InChI is InChI=1S/C17H17BrN4O6S/c1-28-16-7-6-12(8-15(16)22(24)25)10-19-20-17(23)11-21(29(2,26)27)14-5-3-4-13(18)9-14/h3-10H,11H2,1-2H3,(H,20,23)/b19-10-. The van der Waals surface area contributed by atoms with Crippen molar-refractivity contribution >= 4 is 49.4 Å². The Kier molecular flexibility index (Phi) is 7.29. The zero-order valence-corrected chi connectivity index (χ0v) is 17.8. The molecule has 154 valence electrons. The van der Waals surface area contributed by atoms with Gasteiger partial charge in [0.15, 0.2) is 5.75 Å². The first-order chi connectivity index (χ1) is 13.6. The number of anilines is 1. The van der Waals surface area contributed by atoms with E-state index in [2.05, 4.69) is 26.5 Å². The topological polar surface area (TPSA) is 131 Å². The van der Waals surface area contributed by atoms with Crippen LogP contribution in [0.3, 0.4) is 0 Å². The maximum Gasteiger partial charge on any atom is 0.311 e. The molecule has 0 aliphatic carbocycles. The Morgan fingerprint density at radius 2 is 2.07 bits per heavy atom. The summed E-state index contributed by atoms with van der Waals surface area (Å²) in [5, 5.41) is 14.8. The van der Waals surface area contributed by atoms with E-state index in [1.165, 1.54) is 31.5 Å². The van der Waals surface area contributed by atoms with E-state index in [4.69, 9.17) is 4.74 Å². The van der Waals surface area contributed by atoms with Crippen molar-refractivity contribution in [3.05, 3.63) is 62.6 Å². The van der Waals surface area contributed by atoms with Crippen molar-refractivity contribution in [1.82, 2.24) is 5.43 Å². The lowest BCUT2D eigenvalue weighted by Crippen LogP contribution is -2.39. The molecule has 0 bridgehead atoms. The molecular formula is C17H17BrN4O6S. The Bertz CT molecular complexity index is 1060. The van der Waals surface area contributed by atoms with Crippen molar-refractivity contribution in [1.29, 1.82) is 0 Å². The fourth-order valence-electron chi connectivity index (χ4n) is 2.31. The summed E-state index contributed by atoms with van der Waals surface area (Å²) in [7, 11) is -2.40. The summed E-state index contributed by atoms with van der Waals surface area (Å²) in [6, 6.07) is 10.6. The molecule has 1 amide bonds. The van der Waals surface area contributed by atoms with Crippen molar-refractivity contribution in [2.45, 2.75) is 0 Å². The van der Waals surface area contributed by atoms with Crippen LogP contribution in [0.2, 0.25) is 0 Å². The molecule has 0 fully saturated rings. The molecule has 0 saturated heterocycles. The number of hydrogen-bond acceptors (Lipinski definition) is 7. The molecule has 0 aliphatic heterocycles. The number of ether oxygens (including phenoxy) is 1. The zero-order valence-electron chi connectivity index (χ0n) is 15.4. The molecule has 2 aromatic carbocycles. The van der Waals surface area contributed by atoms with Gasteiger partial charge in [-0.1, -0.05) is 22.0 Å². The Morgan fingerprint density at radius 3 is 2.66 bits per heavy atom. The van der Waals surface area contributed by atoms with Crippen LogP contribution in [0.1, 0.15) is 5.56 Å². The molecule has 0 saturated carbocycles. The zero-order chi connectivity index (χ0) is 21.6. The molecule has 1 N–H and O–H groups in total.